The Bertz CT molecular complexity index is 446. The molecule has 0 aliphatic carbocycles. The van der Waals surface area contributed by atoms with Gasteiger partial charge in [-0.3, -0.25) is 4.48 Å². The van der Waals surface area contributed by atoms with Gasteiger partial charge in [0.1, 0.15) is 6.54 Å². The Hall–Kier alpha value is -0.670. The molecular formula is C27H53N2O+. The first-order valence-electron chi connectivity index (χ1n) is 13.4. The molecule has 3 unspecified atom stereocenters. The molecule has 30 heavy (non-hydrogen) atoms. The third-order valence-electron chi connectivity index (χ3n) is 7.10. The van der Waals surface area contributed by atoms with E-state index in [0.717, 1.165) is 24.0 Å². The van der Waals surface area contributed by atoms with Crippen molar-refractivity contribution in [3.8, 4) is 0 Å². The van der Waals surface area contributed by atoms with Gasteiger partial charge in [-0.05, 0) is 32.6 Å². The molecule has 0 saturated heterocycles. The first-order chi connectivity index (χ1) is 14.7. The molecule has 3 heteroatoms. The second-order valence-corrected chi connectivity index (χ2v) is 9.48. The van der Waals surface area contributed by atoms with Crippen LogP contribution in [0.15, 0.2) is 17.1 Å². The Balaban J connectivity index is 1.85. The molecule has 1 aliphatic heterocycles. The SMILES string of the molecule is CCCC/C=C/CCCCCCCCCCCCCCC1N=CC[N+]1(CC)C(C)O. The minimum Gasteiger partial charge on any atom is -0.345 e. The lowest BCUT2D eigenvalue weighted by molar-refractivity contribution is -0.976. The van der Waals surface area contributed by atoms with Crippen molar-refractivity contribution >= 4 is 6.21 Å². The van der Waals surface area contributed by atoms with Crippen molar-refractivity contribution in [3.05, 3.63) is 12.2 Å². The van der Waals surface area contributed by atoms with Crippen molar-refractivity contribution in [2.24, 2.45) is 4.99 Å². The molecule has 0 aromatic heterocycles. The van der Waals surface area contributed by atoms with Crippen molar-refractivity contribution in [2.45, 2.75) is 142 Å². The smallest absolute Gasteiger partial charge is 0.189 e. The Morgan fingerprint density at radius 1 is 0.833 bits per heavy atom. The summed E-state index contributed by atoms with van der Waals surface area (Å²) in [7, 11) is 0. The second kappa shape index (κ2) is 18.0. The van der Waals surface area contributed by atoms with Gasteiger partial charge in [0.15, 0.2) is 12.4 Å². The molecule has 0 bridgehead atoms. The van der Waals surface area contributed by atoms with Crippen LogP contribution in [0.4, 0.5) is 0 Å². The molecule has 1 rings (SSSR count). The first-order valence-corrected chi connectivity index (χ1v) is 13.4. The summed E-state index contributed by atoms with van der Waals surface area (Å²) in [6.45, 7) is 8.24. The Labute approximate surface area is 188 Å². The predicted octanol–water partition coefficient (Wildman–Crippen LogP) is 7.78. The monoisotopic (exact) mass is 421 g/mol. The molecule has 0 aromatic rings. The lowest BCUT2D eigenvalue weighted by Crippen LogP contribution is -2.57. The van der Waals surface area contributed by atoms with Crippen LogP contribution in [0.1, 0.15) is 130 Å². The van der Waals surface area contributed by atoms with Crippen LogP contribution in [0, 0.1) is 0 Å². The maximum absolute atomic E-state index is 10.2. The molecule has 0 fully saturated rings. The van der Waals surface area contributed by atoms with E-state index in [2.05, 4.69) is 31.0 Å². The van der Waals surface area contributed by atoms with Gasteiger partial charge in [-0.15, -0.1) is 0 Å². The molecule has 0 aromatic carbocycles. The zero-order chi connectivity index (χ0) is 21.9. The molecule has 0 saturated carbocycles. The Kier molecular flexibility index (Phi) is 16.4. The average Bonchev–Trinajstić information content (AvgIpc) is 3.17. The number of unbranched alkanes of at least 4 members (excludes halogenated alkanes) is 14. The van der Waals surface area contributed by atoms with Gasteiger partial charge in [0.2, 0.25) is 0 Å². The highest BCUT2D eigenvalue weighted by Crippen LogP contribution is 2.26. The molecule has 1 aliphatic rings. The summed E-state index contributed by atoms with van der Waals surface area (Å²) in [5.74, 6) is 0. The van der Waals surface area contributed by atoms with Crippen LogP contribution in [0.5, 0.6) is 0 Å². The van der Waals surface area contributed by atoms with Gasteiger partial charge < -0.3 is 5.11 Å². The molecular weight excluding hydrogens is 368 g/mol. The van der Waals surface area contributed by atoms with Gasteiger partial charge in [-0.2, -0.15) is 0 Å². The predicted molar refractivity (Wildman–Crippen MR) is 133 cm³/mol. The number of nitrogens with zero attached hydrogens (tertiary/aromatic N) is 2. The quantitative estimate of drug-likeness (QED) is 0.121. The molecule has 1 heterocycles. The maximum Gasteiger partial charge on any atom is 0.189 e. The van der Waals surface area contributed by atoms with E-state index in [9.17, 15) is 5.11 Å². The van der Waals surface area contributed by atoms with Gasteiger partial charge in [0.25, 0.3) is 0 Å². The first kappa shape index (κ1) is 27.4. The zero-order valence-electron chi connectivity index (χ0n) is 20.7. The summed E-state index contributed by atoms with van der Waals surface area (Å²) in [5, 5.41) is 10.2. The minimum absolute atomic E-state index is 0.284. The number of quaternary nitrogens is 1. The highest BCUT2D eigenvalue weighted by atomic mass is 16.3. The molecule has 0 spiro atoms. The van der Waals surface area contributed by atoms with Crippen molar-refractivity contribution < 1.29 is 9.59 Å². The number of hydrogen-bond donors (Lipinski definition) is 1. The summed E-state index contributed by atoms with van der Waals surface area (Å²) >= 11 is 0. The molecule has 0 radical (unpaired) electrons. The van der Waals surface area contributed by atoms with E-state index in [1.54, 1.807) is 0 Å². The Morgan fingerprint density at radius 3 is 1.83 bits per heavy atom. The standard InChI is InChI=1S/C27H53N2O/c1-4-6-7-8-9-10-11-12-13-14-15-16-17-18-19-20-21-22-23-27-28-24-25-29(27,5-2)26(3)30/h8-9,24,26-27,30H,4-7,10-23,25H2,1-3H3/q+1/b9-8+. The topological polar surface area (TPSA) is 32.6 Å². The fourth-order valence-corrected chi connectivity index (χ4v) is 4.83. The number of aliphatic hydroxyl groups is 1. The van der Waals surface area contributed by atoms with E-state index in [-0.39, 0.29) is 12.4 Å². The number of rotatable bonds is 20. The van der Waals surface area contributed by atoms with Crippen LogP contribution in [-0.4, -0.2) is 41.3 Å². The van der Waals surface area contributed by atoms with Crippen LogP contribution in [0.2, 0.25) is 0 Å². The number of aliphatic imine (C=N–C) groups is 1. The van der Waals surface area contributed by atoms with Crippen molar-refractivity contribution in [3.63, 3.8) is 0 Å². The van der Waals surface area contributed by atoms with Crippen LogP contribution < -0.4 is 0 Å². The fraction of sp³-hybridized carbons (Fsp3) is 0.889. The average molecular weight is 422 g/mol. The number of hydrogen-bond acceptors (Lipinski definition) is 2. The molecule has 3 nitrogen and oxygen atoms in total. The molecule has 3 atom stereocenters. The maximum atomic E-state index is 10.2. The van der Waals surface area contributed by atoms with E-state index >= 15 is 0 Å². The van der Waals surface area contributed by atoms with Gasteiger partial charge in [0, 0.05) is 13.3 Å². The molecule has 176 valence electrons. The Morgan fingerprint density at radius 2 is 1.33 bits per heavy atom. The van der Waals surface area contributed by atoms with Crippen LogP contribution >= 0.6 is 0 Å². The summed E-state index contributed by atoms with van der Waals surface area (Å²) in [5.41, 5.74) is 0. The van der Waals surface area contributed by atoms with Gasteiger partial charge in [0.05, 0.1) is 12.8 Å². The van der Waals surface area contributed by atoms with Crippen LogP contribution in [0.3, 0.4) is 0 Å². The van der Waals surface area contributed by atoms with Gasteiger partial charge in [-0.25, -0.2) is 4.99 Å². The van der Waals surface area contributed by atoms with E-state index in [1.165, 1.54) is 103 Å². The summed E-state index contributed by atoms with van der Waals surface area (Å²) in [6, 6.07) is 0. The van der Waals surface area contributed by atoms with E-state index in [1.807, 2.05) is 13.1 Å². The zero-order valence-corrected chi connectivity index (χ0v) is 20.7. The van der Waals surface area contributed by atoms with Gasteiger partial charge in [-0.1, -0.05) is 96.1 Å². The third-order valence-corrected chi connectivity index (χ3v) is 7.10. The van der Waals surface area contributed by atoms with Crippen molar-refractivity contribution in [1.82, 2.24) is 0 Å². The second-order valence-electron chi connectivity index (χ2n) is 9.48. The minimum atomic E-state index is -0.310. The van der Waals surface area contributed by atoms with Gasteiger partial charge >= 0.3 is 0 Å². The normalized spacial score (nSPS) is 22.3. The van der Waals surface area contributed by atoms with E-state index < -0.39 is 0 Å². The number of allylic oxidation sites excluding steroid dienone is 2. The molecule has 1 N–H and O–H groups in total. The highest BCUT2D eigenvalue weighted by molar-refractivity contribution is 5.60. The third kappa shape index (κ3) is 11.1. The van der Waals surface area contributed by atoms with E-state index in [4.69, 9.17) is 0 Å². The lowest BCUT2D eigenvalue weighted by atomic mass is 10.0. The van der Waals surface area contributed by atoms with Crippen molar-refractivity contribution in [1.29, 1.82) is 0 Å². The van der Waals surface area contributed by atoms with Crippen LogP contribution in [0.25, 0.3) is 0 Å². The lowest BCUT2D eigenvalue weighted by Gasteiger charge is -2.40. The van der Waals surface area contributed by atoms with Crippen LogP contribution in [-0.2, 0) is 0 Å². The number of aliphatic hydroxyl groups excluding tert-OH is 1. The van der Waals surface area contributed by atoms with E-state index in [0.29, 0.717) is 0 Å². The summed E-state index contributed by atoms with van der Waals surface area (Å²) < 4.78 is 0.746. The summed E-state index contributed by atoms with van der Waals surface area (Å²) in [4.78, 5) is 4.68. The van der Waals surface area contributed by atoms with Crippen molar-refractivity contribution in [2.75, 3.05) is 13.1 Å². The fourth-order valence-electron chi connectivity index (χ4n) is 4.83. The molecule has 0 amide bonds. The highest BCUT2D eigenvalue weighted by Gasteiger charge is 2.41. The summed E-state index contributed by atoms with van der Waals surface area (Å²) in [6.07, 6.45) is 29.8. The largest absolute Gasteiger partial charge is 0.345 e.